The van der Waals surface area contributed by atoms with Gasteiger partial charge in [0.1, 0.15) is 36.5 Å². The van der Waals surface area contributed by atoms with E-state index in [1.54, 1.807) is 37.4 Å². The number of carbonyl (C=O) groups is 10. The first-order valence-corrected chi connectivity index (χ1v) is 25.2. The zero-order valence-corrected chi connectivity index (χ0v) is 43.4. The molecule has 0 saturated carbocycles. The first-order valence-electron chi connectivity index (χ1n) is 25.2. The van der Waals surface area contributed by atoms with Crippen LogP contribution in [0.25, 0.3) is 10.9 Å². The van der Waals surface area contributed by atoms with Crippen LogP contribution in [-0.2, 0) is 60.8 Å². The van der Waals surface area contributed by atoms with Gasteiger partial charge in [-0.05, 0) is 82.0 Å². The van der Waals surface area contributed by atoms with Gasteiger partial charge in [-0.3, -0.25) is 53.1 Å². The number of H-pyrrole nitrogens is 1. The molecule has 0 bridgehead atoms. The Kier molecular flexibility index (Phi) is 27.1. The standard InChI is InChI=1S/C50H75N17O10/c1-29(69)62-36(18-11-23-60-50(55)56)44(73)67-40(26-42(71)58-21-9-8-17-35(43(52)72)64-46(75)38(57-2)25-31-27-61-34-16-7-6-15-33(31)34)48(77)65-37(19-20-41(51)70)45(74)66-39(24-30-12-4-3-5-13-30)47(76)63-32(28-68)14-10-22-59-49(53)54/h3-7,12-13,15-16,27-28,32,35-40,57,61H,8-11,14,17-26H2,1-2H3,(H2,51,70)(H2,52,72)(H,58,71)(H,62,69)(H,63,76)(H,64,75)(H,65,77)(H,66,74)(H,67,73)(H4,53,54,59)(H4,55,56,60)/t32-,35?,36?,37-,38-,39?,40?/m0/s1. The third-order valence-corrected chi connectivity index (χ3v) is 12.0. The molecule has 0 spiro atoms. The maximum absolute atomic E-state index is 14.3. The second kappa shape index (κ2) is 33.3. The molecule has 0 aliphatic rings. The lowest BCUT2D eigenvalue weighted by Crippen LogP contribution is -2.59. The molecule has 3 aromatic rings. The van der Waals surface area contributed by atoms with E-state index in [0.29, 0.717) is 31.1 Å². The predicted octanol–water partition coefficient (Wildman–Crippen LogP) is -3.80. The van der Waals surface area contributed by atoms with Crippen LogP contribution in [0.15, 0.2) is 70.8 Å². The fourth-order valence-electron chi connectivity index (χ4n) is 8.00. The van der Waals surface area contributed by atoms with E-state index in [2.05, 4.69) is 57.5 Å². The maximum Gasteiger partial charge on any atom is 0.243 e. The van der Waals surface area contributed by atoms with Crippen molar-refractivity contribution in [3.63, 3.8) is 0 Å². The molecule has 77 heavy (non-hydrogen) atoms. The Morgan fingerprint density at radius 3 is 1.74 bits per heavy atom. The van der Waals surface area contributed by atoms with Gasteiger partial charge < -0.3 is 86.7 Å². The molecule has 4 unspecified atom stereocenters. The smallest absolute Gasteiger partial charge is 0.243 e. The second-order valence-corrected chi connectivity index (χ2v) is 18.2. The zero-order chi connectivity index (χ0) is 56.9. The summed E-state index contributed by atoms with van der Waals surface area (Å²) in [5.41, 5.74) is 35.2. The number of nitrogens with one attached hydrogen (secondary N) is 9. The number of rotatable bonds is 36. The van der Waals surface area contributed by atoms with Gasteiger partial charge >= 0.3 is 0 Å². The number of nitrogens with two attached hydrogens (primary N) is 6. The van der Waals surface area contributed by atoms with Crippen LogP contribution in [0.3, 0.4) is 0 Å². The average Bonchev–Trinajstić information content (AvgIpc) is 3.79. The minimum Gasteiger partial charge on any atom is -0.370 e. The van der Waals surface area contributed by atoms with Crippen LogP contribution in [0.1, 0.15) is 82.3 Å². The monoisotopic (exact) mass is 1070 g/mol. The number of carbonyl (C=O) groups excluding carboxylic acids is 10. The number of amides is 9. The van der Waals surface area contributed by atoms with E-state index < -0.39 is 115 Å². The van der Waals surface area contributed by atoms with Crippen molar-refractivity contribution in [2.45, 2.75) is 126 Å². The largest absolute Gasteiger partial charge is 0.370 e. The molecule has 9 amide bonds. The number of unbranched alkanes of at least 4 members (excludes halogenated alkanes) is 1. The second-order valence-electron chi connectivity index (χ2n) is 18.2. The molecule has 0 saturated heterocycles. The van der Waals surface area contributed by atoms with Crippen LogP contribution in [-0.4, -0.2) is 145 Å². The quantitative estimate of drug-likeness (QED) is 0.0115. The summed E-state index contributed by atoms with van der Waals surface area (Å²) in [7, 11) is 1.63. The Balaban J connectivity index is 1.80. The SMILES string of the molecule is CN[C@@H](Cc1c[nH]c2ccccc12)C(=O)NC(CCCCNC(=O)CC(NC(=O)C(CCCN=C(N)N)NC(C)=O)C(=O)N[C@@H](CCC(N)=O)C(=O)NC(Cc1ccccc1)C(=O)N[C@H](C=O)CCCN=C(N)N)C(N)=O. The first kappa shape index (κ1) is 62.7. The molecule has 27 heteroatoms. The summed E-state index contributed by atoms with van der Waals surface area (Å²) in [5.74, 6) is -7.44. The number of fused-ring (bicyclic) bond motifs is 1. The summed E-state index contributed by atoms with van der Waals surface area (Å²) in [6.07, 6.45) is 2.40. The average molecular weight is 1070 g/mol. The molecule has 3 rings (SSSR count). The third-order valence-electron chi connectivity index (χ3n) is 12.0. The topological polar surface area (TPSA) is 464 Å². The number of aliphatic imine (C=N–C) groups is 2. The van der Waals surface area contributed by atoms with Crippen molar-refractivity contribution < 1.29 is 47.9 Å². The number of para-hydroxylation sites is 1. The fraction of sp³-hybridized carbons (Fsp3) is 0.480. The molecule has 1 aromatic heterocycles. The number of aromatic amines is 1. The van der Waals surface area contributed by atoms with Gasteiger partial charge in [-0.2, -0.15) is 0 Å². The molecule has 7 atom stereocenters. The third kappa shape index (κ3) is 23.6. The summed E-state index contributed by atoms with van der Waals surface area (Å²) in [5, 5.41) is 22.0. The van der Waals surface area contributed by atoms with Crippen LogP contribution in [0.2, 0.25) is 0 Å². The van der Waals surface area contributed by atoms with E-state index >= 15 is 0 Å². The van der Waals surface area contributed by atoms with Crippen molar-refractivity contribution in [1.82, 2.24) is 47.5 Å². The fourth-order valence-corrected chi connectivity index (χ4v) is 8.00. The van der Waals surface area contributed by atoms with Gasteiger partial charge in [0, 0.05) is 56.5 Å². The van der Waals surface area contributed by atoms with E-state index in [9.17, 15) is 47.9 Å². The number of benzene rings is 2. The molecular weight excluding hydrogens is 999 g/mol. The molecule has 0 aliphatic heterocycles. The lowest BCUT2D eigenvalue weighted by molar-refractivity contribution is -0.136. The molecular formula is C50H75N17O10. The van der Waals surface area contributed by atoms with Crippen molar-refractivity contribution in [1.29, 1.82) is 0 Å². The molecule has 1 heterocycles. The Morgan fingerprint density at radius 2 is 1.13 bits per heavy atom. The van der Waals surface area contributed by atoms with Crippen LogP contribution < -0.4 is 76.9 Å². The normalized spacial score (nSPS) is 13.6. The van der Waals surface area contributed by atoms with Crippen molar-refractivity contribution in [3.8, 4) is 0 Å². The summed E-state index contributed by atoms with van der Waals surface area (Å²) >= 11 is 0. The Labute approximate surface area is 445 Å². The van der Waals surface area contributed by atoms with Gasteiger partial charge in [-0.25, -0.2) is 0 Å². The number of hydrogen-bond acceptors (Lipinski definition) is 13. The minimum absolute atomic E-state index is 0.00900. The number of guanidine groups is 2. The van der Waals surface area contributed by atoms with Crippen LogP contribution >= 0.6 is 0 Å². The van der Waals surface area contributed by atoms with E-state index in [0.717, 1.165) is 16.5 Å². The van der Waals surface area contributed by atoms with Crippen molar-refractivity contribution in [3.05, 3.63) is 71.9 Å². The Hall–Kier alpha value is -8.62. The van der Waals surface area contributed by atoms with Gasteiger partial charge in [0.2, 0.25) is 53.2 Å². The van der Waals surface area contributed by atoms with Gasteiger partial charge in [0.05, 0.1) is 18.5 Å². The minimum atomic E-state index is -1.71. The van der Waals surface area contributed by atoms with E-state index in [-0.39, 0.29) is 70.1 Å². The van der Waals surface area contributed by atoms with Gasteiger partial charge in [0.15, 0.2) is 11.9 Å². The molecule has 420 valence electrons. The number of primary amides is 2. The zero-order valence-electron chi connectivity index (χ0n) is 43.4. The summed E-state index contributed by atoms with van der Waals surface area (Å²) in [6, 6.07) is 7.56. The highest BCUT2D eigenvalue weighted by Crippen LogP contribution is 2.19. The number of nitrogens with zero attached hydrogens (tertiary/aromatic N) is 2. The lowest BCUT2D eigenvalue weighted by atomic mass is 10.0. The highest BCUT2D eigenvalue weighted by atomic mass is 16.2. The van der Waals surface area contributed by atoms with Gasteiger partial charge in [-0.1, -0.05) is 48.5 Å². The Morgan fingerprint density at radius 1 is 0.584 bits per heavy atom. The maximum atomic E-state index is 14.3. The molecule has 21 N–H and O–H groups in total. The molecule has 0 radical (unpaired) electrons. The number of likely N-dealkylation sites (N-methyl/N-ethyl adjacent to an activating group) is 1. The van der Waals surface area contributed by atoms with Crippen molar-refractivity contribution in [2.75, 3.05) is 26.7 Å². The van der Waals surface area contributed by atoms with E-state index in [1.807, 2.05) is 30.5 Å². The predicted molar refractivity (Wildman–Crippen MR) is 287 cm³/mol. The van der Waals surface area contributed by atoms with E-state index in [1.165, 1.54) is 6.92 Å². The van der Waals surface area contributed by atoms with Crippen LogP contribution in [0, 0.1) is 0 Å². The molecule has 0 aliphatic carbocycles. The van der Waals surface area contributed by atoms with Crippen molar-refractivity contribution in [2.24, 2.45) is 44.4 Å². The Bertz CT molecular complexity index is 2530. The van der Waals surface area contributed by atoms with Crippen LogP contribution in [0.5, 0.6) is 0 Å². The summed E-state index contributed by atoms with van der Waals surface area (Å²) < 4.78 is 0. The number of aldehydes is 1. The highest BCUT2D eigenvalue weighted by molar-refractivity contribution is 5.98. The number of hydrogen-bond donors (Lipinski definition) is 15. The molecule has 0 fully saturated rings. The van der Waals surface area contributed by atoms with Gasteiger partial charge in [0.25, 0.3) is 0 Å². The summed E-state index contributed by atoms with van der Waals surface area (Å²) in [4.78, 5) is 143. The van der Waals surface area contributed by atoms with Crippen molar-refractivity contribution >= 4 is 82.3 Å². The number of aromatic nitrogens is 1. The lowest BCUT2D eigenvalue weighted by Gasteiger charge is -2.27. The van der Waals surface area contributed by atoms with E-state index in [4.69, 9.17) is 34.4 Å². The molecule has 27 nitrogen and oxygen atoms in total. The highest BCUT2D eigenvalue weighted by Gasteiger charge is 2.33. The molecule has 2 aromatic carbocycles. The van der Waals surface area contributed by atoms with Crippen LogP contribution in [0.4, 0.5) is 0 Å². The summed E-state index contributed by atoms with van der Waals surface area (Å²) in [6.45, 7) is 1.44. The first-order chi connectivity index (χ1) is 36.7. The van der Waals surface area contributed by atoms with Gasteiger partial charge in [-0.15, -0.1) is 0 Å².